The van der Waals surface area contributed by atoms with Crippen LogP contribution in [-0.2, 0) is 17.8 Å². The van der Waals surface area contributed by atoms with Gasteiger partial charge in [0, 0.05) is 31.6 Å². The van der Waals surface area contributed by atoms with Crippen molar-refractivity contribution < 1.29 is 26.3 Å². The molecule has 0 saturated carbocycles. The average Bonchev–Trinajstić information content (AvgIpc) is 2.94. The number of hydrogen-bond donors (Lipinski definition) is 0. The Balaban J connectivity index is 0.00000338. The van der Waals surface area contributed by atoms with Crippen LogP contribution in [0.1, 0.15) is 39.1 Å². The molecule has 0 aliphatic rings. The first-order valence-electron chi connectivity index (χ1n) is 8.67. The zero-order valence-electron chi connectivity index (χ0n) is 16.5. The zero-order chi connectivity index (χ0) is 18.6. The Morgan fingerprint density at radius 2 is 1.85 bits per heavy atom. The van der Waals surface area contributed by atoms with Gasteiger partial charge >= 0.3 is 0 Å². The van der Waals surface area contributed by atoms with Crippen molar-refractivity contribution in [1.82, 2.24) is 4.68 Å². The van der Waals surface area contributed by atoms with Gasteiger partial charge in [0.25, 0.3) is 5.82 Å². The number of nitrogens with zero attached hydrogens (tertiary/aromatic N) is 4. The lowest BCUT2D eigenvalue weighted by Crippen LogP contribution is -3.00. The fourth-order valence-electron chi connectivity index (χ4n) is 2.44. The molecule has 6 heteroatoms. The van der Waals surface area contributed by atoms with Crippen LogP contribution in [0.25, 0.3) is 0 Å². The van der Waals surface area contributed by atoms with E-state index in [2.05, 4.69) is 29.1 Å². The van der Waals surface area contributed by atoms with Gasteiger partial charge < -0.3 is 21.9 Å². The maximum absolute atomic E-state index is 12.3. The van der Waals surface area contributed by atoms with Gasteiger partial charge in [0.05, 0.1) is 6.21 Å². The highest BCUT2D eigenvalue weighted by Crippen LogP contribution is 2.14. The van der Waals surface area contributed by atoms with E-state index >= 15 is 0 Å². The number of carbonyl (C=O) groups excluding carboxylic acids is 1. The summed E-state index contributed by atoms with van der Waals surface area (Å²) in [5, 5.41) is 4.56. The summed E-state index contributed by atoms with van der Waals surface area (Å²) in [6.07, 6.45) is 6.48. The van der Waals surface area contributed by atoms with E-state index in [4.69, 9.17) is 0 Å². The Hall–Kier alpha value is -1.95. The summed E-state index contributed by atoms with van der Waals surface area (Å²) in [4.78, 5) is 14.4. The van der Waals surface area contributed by atoms with Gasteiger partial charge in [-0.25, -0.2) is 4.57 Å². The van der Waals surface area contributed by atoms with Gasteiger partial charge in [-0.15, -0.1) is 4.68 Å². The topological polar surface area (TPSA) is 41.5 Å². The van der Waals surface area contributed by atoms with Crippen LogP contribution in [0.5, 0.6) is 0 Å². The second kappa shape index (κ2) is 9.12. The molecule has 142 valence electrons. The summed E-state index contributed by atoms with van der Waals surface area (Å²) >= 11 is 0. The first-order chi connectivity index (χ1) is 11.7. The Kier molecular flexibility index (Phi) is 7.75. The van der Waals surface area contributed by atoms with Gasteiger partial charge in [-0.2, -0.15) is 0 Å². The third-order valence-electron chi connectivity index (χ3n) is 4.19. The number of anilines is 1. The number of halogens is 1. The van der Waals surface area contributed by atoms with Crippen molar-refractivity contribution >= 4 is 17.7 Å². The summed E-state index contributed by atoms with van der Waals surface area (Å²) in [7, 11) is 4.04. The number of aromatic nitrogens is 2. The van der Waals surface area contributed by atoms with E-state index in [0.29, 0.717) is 6.54 Å². The van der Waals surface area contributed by atoms with Crippen LogP contribution < -0.4 is 26.4 Å². The number of imidazole rings is 1. The molecule has 0 N–H and O–H groups in total. The van der Waals surface area contributed by atoms with Gasteiger partial charge in [-0.3, -0.25) is 4.79 Å². The van der Waals surface area contributed by atoms with Crippen LogP contribution in [0.2, 0.25) is 0 Å². The third-order valence-corrected chi connectivity index (χ3v) is 4.19. The third kappa shape index (κ3) is 5.53. The van der Waals surface area contributed by atoms with Gasteiger partial charge in [0.15, 0.2) is 12.0 Å². The quantitative estimate of drug-likeness (QED) is 0.483. The predicted octanol–water partition coefficient (Wildman–Crippen LogP) is -0.0946. The molecular weight excluding hydrogens is 392 g/mol. The Bertz CT molecular complexity index is 755. The van der Waals surface area contributed by atoms with Crippen molar-refractivity contribution in [2.75, 3.05) is 19.0 Å². The number of rotatable bonds is 6. The molecule has 0 amide bonds. The maximum atomic E-state index is 12.3. The number of hydrogen-bond acceptors (Lipinski definition) is 3. The lowest BCUT2D eigenvalue weighted by molar-refractivity contribution is -0.691. The molecule has 5 nitrogen and oxygen atoms in total. The highest BCUT2D eigenvalue weighted by Gasteiger charge is 2.26. The van der Waals surface area contributed by atoms with Crippen LogP contribution in [0.3, 0.4) is 0 Å². The van der Waals surface area contributed by atoms with Gasteiger partial charge in [0.2, 0.25) is 0 Å². The summed E-state index contributed by atoms with van der Waals surface area (Å²) in [5.41, 5.74) is 1.86. The van der Waals surface area contributed by atoms with Crippen molar-refractivity contribution in [2.24, 2.45) is 10.5 Å². The fourth-order valence-corrected chi connectivity index (χ4v) is 2.44. The molecule has 2 aromatic rings. The largest absolute Gasteiger partial charge is 1.00 e. The van der Waals surface area contributed by atoms with Crippen LogP contribution in [-0.4, -0.2) is 30.8 Å². The molecule has 26 heavy (non-hydrogen) atoms. The van der Waals surface area contributed by atoms with Crippen molar-refractivity contribution in [2.45, 2.75) is 40.7 Å². The summed E-state index contributed by atoms with van der Waals surface area (Å²) < 4.78 is 3.83. The molecule has 0 fully saturated rings. The Labute approximate surface area is 167 Å². The van der Waals surface area contributed by atoms with E-state index in [1.54, 1.807) is 0 Å². The van der Waals surface area contributed by atoms with Crippen molar-refractivity contribution in [3.63, 3.8) is 0 Å². The van der Waals surface area contributed by atoms with Crippen LogP contribution >= 0.6 is 0 Å². The Morgan fingerprint density at radius 3 is 2.35 bits per heavy atom. The molecule has 0 aliphatic heterocycles. The normalized spacial score (nSPS) is 11.5. The maximum Gasteiger partial charge on any atom is 0.282 e. The van der Waals surface area contributed by atoms with Gasteiger partial charge in [0.1, 0.15) is 12.7 Å². The highest BCUT2D eigenvalue weighted by atomic mass is 79.9. The molecule has 0 atom stereocenters. The molecule has 0 aliphatic carbocycles. The molecule has 0 saturated heterocycles. The minimum atomic E-state index is -0.336. The first-order valence-corrected chi connectivity index (χ1v) is 8.67. The van der Waals surface area contributed by atoms with E-state index in [-0.39, 0.29) is 28.2 Å². The molecular formula is C20H29BrN4O. The molecule has 0 radical (unpaired) electrons. The average molecular weight is 421 g/mol. The first kappa shape index (κ1) is 22.1. The number of carbonyl (C=O) groups is 1. The van der Waals surface area contributed by atoms with Crippen molar-refractivity contribution in [3.05, 3.63) is 48.0 Å². The van der Waals surface area contributed by atoms with Crippen LogP contribution in [0, 0.1) is 5.41 Å². The SMILES string of the molecule is CCc1n(N=Cc2ccc(N(C)C)cc2)cc[n+]1CC(=O)C(C)(C)C.[Br-]. The number of ketones is 1. The monoisotopic (exact) mass is 420 g/mol. The predicted molar refractivity (Wildman–Crippen MR) is 102 cm³/mol. The van der Waals surface area contributed by atoms with E-state index in [1.807, 2.05) is 74.9 Å². The van der Waals surface area contributed by atoms with E-state index in [0.717, 1.165) is 23.5 Å². The molecule has 1 aromatic heterocycles. The second-order valence-electron chi connectivity index (χ2n) is 7.44. The lowest BCUT2D eigenvalue weighted by Gasteiger charge is -2.15. The standard InChI is InChI=1S/C20H29N4O.BrH/c1-7-19-23(15-18(25)20(2,3)4)12-13-24(19)21-14-16-8-10-17(11-9-16)22(5)6;/h8-14H,7,15H2,1-6H3;1H/q+1;/p-1. The minimum absolute atomic E-state index is 0. The van der Waals surface area contributed by atoms with Gasteiger partial charge in [-0.05, 0) is 17.7 Å². The molecule has 0 bridgehead atoms. The molecule has 0 spiro atoms. The van der Waals surface area contributed by atoms with Crippen LogP contribution in [0.15, 0.2) is 41.8 Å². The second-order valence-corrected chi connectivity index (χ2v) is 7.44. The molecule has 2 rings (SSSR count). The lowest BCUT2D eigenvalue weighted by atomic mass is 9.91. The summed E-state index contributed by atoms with van der Waals surface area (Å²) in [5.74, 6) is 1.23. The molecule has 1 heterocycles. The van der Waals surface area contributed by atoms with E-state index in [1.165, 1.54) is 0 Å². The smallest absolute Gasteiger partial charge is 0.282 e. The van der Waals surface area contributed by atoms with Crippen molar-refractivity contribution in [1.29, 1.82) is 0 Å². The molecule has 1 aromatic carbocycles. The molecule has 0 unspecified atom stereocenters. The van der Waals surface area contributed by atoms with Gasteiger partial charge in [-0.1, -0.05) is 44.9 Å². The zero-order valence-corrected chi connectivity index (χ0v) is 18.1. The summed E-state index contributed by atoms with van der Waals surface area (Å²) in [6.45, 7) is 8.31. The number of benzene rings is 1. The minimum Gasteiger partial charge on any atom is -1.00 e. The highest BCUT2D eigenvalue weighted by molar-refractivity contribution is 5.82. The van der Waals surface area contributed by atoms with E-state index in [9.17, 15) is 4.79 Å². The van der Waals surface area contributed by atoms with Crippen molar-refractivity contribution in [3.8, 4) is 0 Å². The Morgan fingerprint density at radius 1 is 1.23 bits per heavy atom. The number of Topliss-reactive ketones (excluding diaryl/α,β-unsaturated/α-hetero) is 1. The van der Waals surface area contributed by atoms with E-state index < -0.39 is 0 Å². The van der Waals surface area contributed by atoms with Crippen LogP contribution in [0.4, 0.5) is 5.69 Å². The summed E-state index contributed by atoms with van der Waals surface area (Å²) in [6, 6.07) is 8.23. The fraction of sp³-hybridized carbons (Fsp3) is 0.450.